The highest BCUT2D eigenvalue weighted by Gasteiger charge is 2.06. The molecule has 2 rings (SSSR count). The molecule has 3 N–H and O–H groups in total. The second-order valence-corrected chi connectivity index (χ2v) is 5.30. The van der Waals surface area contributed by atoms with Gasteiger partial charge in [-0.05, 0) is 29.5 Å². The first-order valence-corrected chi connectivity index (χ1v) is 7.62. The summed E-state index contributed by atoms with van der Waals surface area (Å²) in [6.07, 6.45) is 2.17. The first kappa shape index (κ1) is 17.3. The number of carbonyl (C=O) groups is 2. The van der Waals surface area contributed by atoms with E-state index < -0.39 is 17.6 Å². The summed E-state index contributed by atoms with van der Waals surface area (Å²) in [6.45, 7) is 0.401. The summed E-state index contributed by atoms with van der Waals surface area (Å²) in [4.78, 5) is 21.8. The largest absolute Gasteiger partial charge is 0.502 e. The lowest BCUT2D eigenvalue weighted by molar-refractivity contribution is -0.136. The van der Waals surface area contributed by atoms with E-state index in [2.05, 4.69) is 29.6 Å². The minimum atomic E-state index is -1.53. The molecule has 24 heavy (non-hydrogen) atoms. The van der Waals surface area contributed by atoms with Crippen LogP contribution < -0.4 is 5.32 Å². The maximum atomic E-state index is 11.4. The fourth-order valence-corrected chi connectivity index (χ4v) is 2.28. The molecule has 0 radical (unpaired) electrons. The Kier molecular flexibility index (Phi) is 6.14. The second kappa shape index (κ2) is 8.53. The van der Waals surface area contributed by atoms with Gasteiger partial charge in [-0.25, -0.2) is 4.79 Å². The van der Waals surface area contributed by atoms with E-state index in [4.69, 9.17) is 10.2 Å². The molecule has 0 bridgehead atoms. The molecule has 2 aromatic carbocycles. The molecule has 0 aliphatic carbocycles. The smallest absolute Gasteiger partial charge is 0.371 e. The van der Waals surface area contributed by atoms with Crippen molar-refractivity contribution in [1.29, 1.82) is 0 Å². The van der Waals surface area contributed by atoms with Gasteiger partial charge in [-0.3, -0.25) is 4.79 Å². The molecule has 0 fully saturated rings. The standard InChI is InChI=1S/C19H19NO4/c21-17(19(23)24)13-18(22)20-11-5-7-14-6-4-10-16(12-14)15-8-2-1-3-9-15/h1-4,6,8-10,12-13,21H,5,7,11H2,(H,20,22)(H,23,24)/b17-13-. The number of hydrogen-bond acceptors (Lipinski definition) is 3. The molecule has 0 heterocycles. The Morgan fingerprint density at radius 1 is 0.958 bits per heavy atom. The quantitative estimate of drug-likeness (QED) is 0.415. The highest BCUT2D eigenvalue weighted by molar-refractivity contribution is 5.95. The first-order valence-electron chi connectivity index (χ1n) is 7.62. The third-order valence-corrected chi connectivity index (χ3v) is 3.46. The molecule has 0 aromatic heterocycles. The zero-order valence-corrected chi connectivity index (χ0v) is 13.1. The number of carbonyl (C=O) groups excluding carboxylic acids is 1. The lowest BCUT2D eigenvalue weighted by Gasteiger charge is -2.06. The number of aliphatic hydroxyl groups excluding tert-OH is 1. The van der Waals surface area contributed by atoms with Crippen LogP contribution in [0.15, 0.2) is 66.4 Å². The van der Waals surface area contributed by atoms with Gasteiger partial charge in [-0.15, -0.1) is 0 Å². The van der Waals surface area contributed by atoms with Crippen LogP contribution in [0.25, 0.3) is 11.1 Å². The fraction of sp³-hybridized carbons (Fsp3) is 0.158. The molecular formula is C19H19NO4. The number of rotatable bonds is 7. The average Bonchev–Trinajstić information content (AvgIpc) is 2.59. The number of aliphatic carboxylic acids is 1. The lowest BCUT2D eigenvalue weighted by Crippen LogP contribution is -2.23. The predicted octanol–water partition coefficient (Wildman–Crippen LogP) is 2.93. The molecule has 5 heteroatoms. The van der Waals surface area contributed by atoms with Crippen LogP contribution in [0.5, 0.6) is 0 Å². The third kappa shape index (κ3) is 5.28. The maximum Gasteiger partial charge on any atom is 0.371 e. The average molecular weight is 325 g/mol. The first-order chi connectivity index (χ1) is 11.6. The summed E-state index contributed by atoms with van der Waals surface area (Å²) >= 11 is 0. The Labute approximate surface area is 140 Å². The molecule has 0 aliphatic heterocycles. The number of amides is 1. The summed E-state index contributed by atoms with van der Waals surface area (Å²) in [5.74, 6) is -3.11. The molecule has 0 atom stereocenters. The molecule has 0 unspecified atom stereocenters. The Bertz CT molecular complexity index is 738. The van der Waals surface area contributed by atoms with E-state index in [0.29, 0.717) is 19.0 Å². The van der Waals surface area contributed by atoms with Crippen molar-refractivity contribution in [3.05, 3.63) is 72.0 Å². The van der Waals surface area contributed by atoms with Crippen LogP contribution in [-0.4, -0.2) is 28.6 Å². The van der Waals surface area contributed by atoms with Crippen LogP contribution in [0.4, 0.5) is 0 Å². The van der Waals surface area contributed by atoms with Crippen LogP contribution >= 0.6 is 0 Å². The van der Waals surface area contributed by atoms with E-state index in [1.54, 1.807) is 0 Å². The minimum Gasteiger partial charge on any atom is -0.502 e. The van der Waals surface area contributed by atoms with Crippen molar-refractivity contribution in [2.45, 2.75) is 12.8 Å². The molecular weight excluding hydrogens is 306 g/mol. The molecule has 5 nitrogen and oxygen atoms in total. The van der Waals surface area contributed by atoms with Crippen LogP contribution in [0, 0.1) is 0 Å². The molecule has 124 valence electrons. The number of carboxylic acid groups (broad SMARTS) is 1. The second-order valence-electron chi connectivity index (χ2n) is 5.30. The lowest BCUT2D eigenvalue weighted by atomic mass is 10.0. The zero-order chi connectivity index (χ0) is 17.4. The van der Waals surface area contributed by atoms with E-state index in [0.717, 1.165) is 23.1 Å². The molecule has 1 amide bonds. The monoisotopic (exact) mass is 325 g/mol. The maximum absolute atomic E-state index is 11.4. The number of carboxylic acids is 1. The molecule has 0 spiro atoms. The van der Waals surface area contributed by atoms with E-state index in [-0.39, 0.29) is 0 Å². The molecule has 0 aliphatic rings. The van der Waals surface area contributed by atoms with Crippen LogP contribution in [0.2, 0.25) is 0 Å². The van der Waals surface area contributed by atoms with Gasteiger partial charge in [-0.2, -0.15) is 0 Å². The zero-order valence-electron chi connectivity index (χ0n) is 13.1. The Balaban J connectivity index is 1.84. The third-order valence-electron chi connectivity index (χ3n) is 3.46. The summed E-state index contributed by atoms with van der Waals surface area (Å²) in [7, 11) is 0. The van der Waals surface area contributed by atoms with Gasteiger partial charge in [0.15, 0.2) is 0 Å². The normalized spacial score (nSPS) is 11.1. The highest BCUT2D eigenvalue weighted by Crippen LogP contribution is 2.20. The molecule has 2 aromatic rings. The minimum absolute atomic E-state index is 0.401. The Hall–Kier alpha value is -3.08. The van der Waals surface area contributed by atoms with Crippen molar-refractivity contribution >= 4 is 11.9 Å². The van der Waals surface area contributed by atoms with Crippen LogP contribution in [0.3, 0.4) is 0 Å². The van der Waals surface area contributed by atoms with E-state index in [1.165, 1.54) is 0 Å². The summed E-state index contributed by atoms with van der Waals surface area (Å²) in [5, 5.41) is 20.0. The molecule has 0 saturated heterocycles. The number of hydrogen-bond donors (Lipinski definition) is 3. The summed E-state index contributed by atoms with van der Waals surface area (Å²) < 4.78 is 0. The number of nitrogens with one attached hydrogen (secondary N) is 1. The summed E-state index contributed by atoms with van der Waals surface area (Å²) in [6, 6.07) is 18.3. The van der Waals surface area contributed by atoms with Gasteiger partial charge in [0.2, 0.25) is 11.7 Å². The van der Waals surface area contributed by atoms with Crippen LogP contribution in [0.1, 0.15) is 12.0 Å². The SMILES string of the molecule is O=C(/C=C(\O)C(=O)O)NCCCc1cccc(-c2ccccc2)c1. The van der Waals surface area contributed by atoms with Crippen molar-refractivity contribution in [3.8, 4) is 11.1 Å². The number of aryl methyl sites for hydroxylation is 1. The Morgan fingerprint density at radius 3 is 2.38 bits per heavy atom. The van der Waals surface area contributed by atoms with Gasteiger partial charge in [-0.1, -0.05) is 54.6 Å². The van der Waals surface area contributed by atoms with Crippen LogP contribution in [-0.2, 0) is 16.0 Å². The van der Waals surface area contributed by atoms with Crippen molar-refractivity contribution in [1.82, 2.24) is 5.32 Å². The highest BCUT2D eigenvalue weighted by atomic mass is 16.4. The van der Waals surface area contributed by atoms with E-state index in [9.17, 15) is 9.59 Å². The number of benzene rings is 2. The number of aliphatic hydroxyl groups is 1. The van der Waals surface area contributed by atoms with Crippen molar-refractivity contribution in [3.63, 3.8) is 0 Å². The van der Waals surface area contributed by atoms with Crippen molar-refractivity contribution in [2.24, 2.45) is 0 Å². The summed E-state index contributed by atoms with van der Waals surface area (Å²) in [5.41, 5.74) is 3.46. The molecule has 0 saturated carbocycles. The Morgan fingerprint density at radius 2 is 1.67 bits per heavy atom. The van der Waals surface area contributed by atoms with Gasteiger partial charge in [0.1, 0.15) is 0 Å². The van der Waals surface area contributed by atoms with Crippen molar-refractivity contribution in [2.75, 3.05) is 6.54 Å². The van der Waals surface area contributed by atoms with Gasteiger partial charge < -0.3 is 15.5 Å². The van der Waals surface area contributed by atoms with Gasteiger partial charge in [0.05, 0.1) is 6.08 Å². The van der Waals surface area contributed by atoms with E-state index >= 15 is 0 Å². The van der Waals surface area contributed by atoms with Crippen molar-refractivity contribution < 1.29 is 19.8 Å². The van der Waals surface area contributed by atoms with Gasteiger partial charge >= 0.3 is 5.97 Å². The van der Waals surface area contributed by atoms with E-state index in [1.807, 2.05) is 30.3 Å². The topological polar surface area (TPSA) is 86.6 Å². The van der Waals surface area contributed by atoms with Gasteiger partial charge in [0.25, 0.3) is 0 Å². The predicted molar refractivity (Wildman–Crippen MR) is 91.6 cm³/mol. The fourth-order valence-electron chi connectivity index (χ4n) is 2.28. The van der Waals surface area contributed by atoms with Gasteiger partial charge in [0, 0.05) is 6.54 Å².